The lowest BCUT2D eigenvalue weighted by Crippen LogP contribution is -2.62. The summed E-state index contributed by atoms with van der Waals surface area (Å²) in [5.41, 5.74) is -0.258. The van der Waals surface area contributed by atoms with E-state index >= 15 is 0 Å². The fourth-order valence-corrected chi connectivity index (χ4v) is 5.05. The van der Waals surface area contributed by atoms with Crippen LogP contribution in [0.3, 0.4) is 0 Å². The third kappa shape index (κ3) is 3.69. The van der Waals surface area contributed by atoms with E-state index in [-0.39, 0.29) is 17.9 Å². The second-order valence-electron chi connectivity index (χ2n) is 9.35. The molecule has 1 unspecified atom stereocenters. The van der Waals surface area contributed by atoms with Crippen molar-refractivity contribution < 1.29 is 33.3 Å². The van der Waals surface area contributed by atoms with Crippen LogP contribution in [-0.2, 0) is 35.1 Å². The SMILES string of the molecule is CC(=O)O[C@H]1CC2CCC[C@]23OCC(C)(C)CO[C@@]13OC(=O)OCc1ccccc1. The van der Waals surface area contributed by atoms with E-state index in [1.54, 1.807) is 0 Å². The molecule has 0 aromatic heterocycles. The standard InChI is InChI=1S/C23H30O7/c1-16(24)29-19-12-18-10-7-11-22(18)23(19,28-15-21(2,3)14-27-22)30-20(25)26-13-17-8-5-4-6-9-17/h4-6,8-9,18-19H,7,10-15H2,1-3H3/t18?,19-,22-,23+/m0/s1. The van der Waals surface area contributed by atoms with Gasteiger partial charge in [0, 0.05) is 12.3 Å². The first-order valence-corrected chi connectivity index (χ1v) is 10.6. The average molecular weight is 418 g/mol. The van der Waals surface area contributed by atoms with Gasteiger partial charge in [0.1, 0.15) is 12.2 Å². The van der Waals surface area contributed by atoms with Gasteiger partial charge in [0.05, 0.1) is 13.2 Å². The minimum atomic E-state index is -1.51. The van der Waals surface area contributed by atoms with Gasteiger partial charge in [-0.25, -0.2) is 4.79 Å². The molecule has 1 aromatic carbocycles. The average Bonchev–Trinajstić information content (AvgIpc) is 3.17. The van der Waals surface area contributed by atoms with Crippen LogP contribution in [0, 0.1) is 11.3 Å². The highest BCUT2D eigenvalue weighted by atomic mass is 16.8. The summed E-state index contributed by atoms with van der Waals surface area (Å²) in [5, 5.41) is 0. The second-order valence-corrected chi connectivity index (χ2v) is 9.35. The van der Waals surface area contributed by atoms with Gasteiger partial charge in [-0.05, 0) is 37.2 Å². The number of carbonyl (C=O) groups excluding carboxylic acids is 2. The summed E-state index contributed by atoms with van der Waals surface area (Å²) in [4.78, 5) is 24.6. The number of benzene rings is 1. The third-order valence-electron chi connectivity index (χ3n) is 6.41. The zero-order valence-corrected chi connectivity index (χ0v) is 17.8. The minimum absolute atomic E-state index is 0.0801. The Balaban J connectivity index is 1.62. The topological polar surface area (TPSA) is 80.3 Å². The van der Waals surface area contributed by atoms with Crippen molar-refractivity contribution in [3.05, 3.63) is 35.9 Å². The highest BCUT2D eigenvalue weighted by Gasteiger charge is 2.74. The number of esters is 1. The molecule has 4 rings (SSSR count). The summed E-state index contributed by atoms with van der Waals surface area (Å²) in [6, 6.07) is 9.37. The predicted molar refractivity (Wildman–Crippen MR) is 106 cm³/mol. The molecule has 3 aliphatic rings. The number of hydrogen-bond acceptors (Lipinski definition) is 7. The van der Waals surface area contributed by atoms with E-state index in [4.69, 9.17) is 23.7 Å². The highest BCUT2D eigenvalue weighted by molar-refractivity contribution is 5.66. The molecule has 7 nitrogen and oxygen atoms in total. The molecule has 1 saturated heterocycles. The summed E-state index contributed by atoms with van der Waals surface area (Å²) in [7, 11) is 0. The van der Waals surface area contributed by atoms with Crippen LogP contribution in [0.15, 0.2) is 30.3 Å². The van der Waals surface area contributed by atoms with Crippen molar-refractivity contribution in [3.8, 4) is 0 Å². The van der Waals surface area contributed by atoms with Crippen LogP contribution in [-0.4, -0.2) is 42.8 Å². The Bertz CT molecular complexity index is 792. The summed E-state index contributed by atoms with van der Waals surface area (Å²) in [6.07, 6.45) is 1.46. The molecule has 0 radical (unpaired) electrons. The third-order valence-corrected chi connectivity index (χ3v) is 6.41. The molecule has 0 amide bonds. The molecule has 30 heavy (non-hydrogen) atoms. The molecular formula is C23H30O7. The number of rotatable bonds is 4. The molecule has 4 atom stereocenters. The van der Waals surface area contributed by atoms with Crippen LogP contribution < -0.4 is 0 Å². The summed E-state index contributed by atoms with van der Waals surface area (Å²) in [6.45, 7) is 6.29. The van der Waals surface area contributed by atoms with Crippen LogP contribution >= 0.6 is 0 Å². The Morgan fingerprint density at radius 2 is 1.87 bits per heavy atom. The number of ether oxygens (including phenoxy) is 5. The Hall–Kier alpha value is -2.12. The number of carbonyl (C=O) groups is 2. The van der Waals surface area contributed by atoms with Gasteiger partial charge >= 0.3 is 12.1 Å². The molecule has 164 valence electrons. The fraction of sp³-hybridized carbons (Fsp3) is 0.652. The molecule has 7 heteroatoms. The molecule has 1 heterocycles. The van der Waals surface area contributed by atoms with Gasteiger partial charge in [0.2, 0.25) is 0 Å². The zero-order valence-electron chi connectivity index (χ0n) is 17.8. The van der Waals surface area contributed by atoms with E-state index in [0.717, 1.165) is 18.4 Å². The maximum absolute atomic E-state index is 12.8. The fourth-order valence-electron chi connectivity index (χ4n) is 5.05. The molecule has 2 aliphatic carbocycles. The van der Waals surface area contributed by atoms with Gasteiger partial charge < -0.3 is 23.7 Å². The van der Waals surface area contributed by atoms with E-state index in [9.17, 15) is 9.59 Å². The van der Waals surface area contributed by atoms with Crippen molar-refractivity contribution >= 4 is 12.1 Å². The van der Waals surface area contributed by atoms with Crippen molar-refractivity contribution in [2.24, 2.45) is 11.3 Å². The van der Waals surface area contributed by atoms with Crippen molar-refractivity contribution in [2.45, 2.75) is 70.6 Å². The number of hydrogen-bond donors (Lipinski definition) is 0. The van der Waals surface area contributed by atoms with Crippen LogP contribution in [0.5, 0.6) is 0 Å². The van der Waals surface area contributed by atoms with E-state index in [1.165, 1.54) is 6.92 Å². The first-order valence-electron chi connectivity index (χ1n) is 10.6. The van der Waals surface area contributed by atoms with Crippen molar-refractivity contribution in [3.63, 3.8) is 0 Å². The molecule has 0 bridgehead atoms. The monoisotopic (exact) mass is 418 g/mol. The quantitative estimate of drug-likeness (QED) is 0.684. The minimum Gasteiger partial charge on any atom is -0.455 e. The zero-order chi connectivity index (χ0) is 21.4. The van der Waals surface area contributed by atoms with Gasteiger partial charge in [-0.15, -0.1) is 0 Å². The highest BCUT2D eigenvalue weighted by Crippen LogP contribution is 2.60. The maximum Gasteiger partial charge on any atom is 0.511 e. The molecule has 2 saturated carbocycles. The summed E-state index contributed by atoms with van der Waals surface area (Å²) in [5.74, 6) is -1.87. The van der Waals surface area contributed by atoms with Gasteiger partial charge in [-0.3, -0.25) is 4.79 Å². The molecule has 3 fully saturated rings. The summed E-state index contributed by atoms with van der Waals surface area (Å²) < 4.78 is 29.8. The largest absolute Gasteiger partial charge is 0.511 e. The summed E-state index contributed by atoms with van der Waals surface area (Å²) >= 11 is 0. The maximum atomic E-state index is 12.8. The van der Waals surface area contributed by atoms with Gasteiger partial charge in [-0.2, -0.15) is 0 Å². The van der Waals surface area contributed by atoms with Crippen LogP contribution in [0.25, 0.3) is 0 Å². The molecule has 1 spiro atoms. The van der Waals surface area contributed by atoms with Crippen molar-refractivity contribution in [2.75, 3.05) is 13.2 Å². The van der Waals surface area contributed by atoms with E-state index < -0.39 is 29.6 Å². The van der Waals surface area contributed by atoms with Gasteiger partial charge in [-0.1, -0.05) is 44.2 Å². The van der Waals surface area contributed by atoms with Crippen LogP contribution in [0.4, 0.5) is 4.79 Å². The lowest BCUT2D eigenvalue weighted by atomic mass is 9.89. The lowest BCUT2D eigenvalue weighted by Gasteiger charge is -2.43. The molecular weight excluding hydrogens is 388 g/mol. The normalized spacial score (nSPS) is 34.4. The Labute approximate surface area is 177 Å². The van der Waals surface area contributed by atoms with E-state index in [0.29, 0.717) is 26.1 Å². The lowest BCUT2D eigenvalue weighted by molar-refractivity contribution is -0.318. The van der Waals surface area contributed by atoms with Crippen molar-refractivity contribution in [1.82, 2.24) is 0 Å². The van der Waals surface area contributed by atoms with E-state index in [1.807, 2.05) is 44.2 Å². The Morgan fingerprint density at radius 1 is 1.13 bits per heavy atom. The van der Waals surface area contributed by atoms with Gasteiger partial charge in [0.15, 0.2) is 6.10 Å². The van der Waals surface area contributed by atoms with Gasteiger partial charge in [0.25, 0.3) is 5.79 Å². The van der Waals surface area contributed by atoms with Crippen LogP contribution in [0.1, 0.15) is 52.0 Å². The van der Waals surface area contributed by atoms with Crippen molar-refractivity contribution in [1.29, 1.82) is 0 Å². The predicted octanol–water partition coefficient (Wildman–Crippen LogP) is 3.98. The van der Waals surface area contributed by atoms with E-state index in [2.05, 4.69) is 0 Å². The Morgan fingerprint density at radius 3 is 2.60 bits per heavy atom. The smallest absolute Gasteiger partial charge is 0.455 e. The molecule has 0 N–H and O–H groups in total. The first-order chi connectivity index (χ1) is 14.3. The molecule has 1 aliphatic heterocycles. The Kier molecular flexibility index (Phi) is 5.53. The first kappa shape index (κ1) is 21.1. The second kappa shape index (κ2) is 7.85. The molecule has 1 aromatic rings. The van der Waals surface area contributed by atoms with Crippen LogP contribution in [0.2, 0.25) is 0 Å².